The van der Waals surface area contributed by atoms with E-state index in [1.165, 1.54) is 6.07 Å². The Morgan fingerprint density at radius 2 is 2.00 bits per heavy atom. The molecule has 94 valence electrons. The van der Waals surface area contributed by atoms with Crippen LogP contribution in [0.3, 0.4) is 0 Å². The van der Waals surface area contributed by atoms with Crippen molar-refractivity contribution in [2.45, 2.75) is 0 Å². The summed E-state index contributed by atoms with van der Waals surface area (Å²) in [7, 11) is 0. The van der Waals surface area contributed by atoms with E-state index in [4.69, 9.17) is 10.3 Å². The Balaban J connectivity index is 2.26. The van der Waals surface area contributed by atoms with Gasteiger partial charge >= 0.3 is 0 Å². The number of hydrogen-bond donors (Lipinski definition) is 2. The summed E-state index contributed by atoms with van der Waals surface area (Å²) in [4.78, 5) is 18.6. The Labute approximate surface area is 107 Å². The molecule has 0 saturated heterocycles. The van der Waals surface area contributed by atoms with E-state index in [9.17, 15) is 4.79 Å². The lowest BCUT2D eigenvalue weighted by atomic mass is 10.0. The number of aromatic nitrogens is 3. The summed E-state index contributed by atoms with van der Waals surface area (Å²) in [5.74, 6) is 0.593. The van der Waals surface area contributed by atoms with E-state index in [1.54, 1.807) is 36.9 Å². The maximum Gasteiger partial charge on any atom is 0.192 e. The van der Waals surface area contributed by atoms with Crippen LogP contribution in [0.4, 0.5) is 5.82 Å². The lowest BCUT2D eigenvalue weighted by Gasteiger charge is -2.01. The summed E-state index contributed by atoms with van der Waals surface area (Å²) in [6, 6.07) is 4.98. The van der Waals surface area contributed by atoms with E-state index in [-0.39, 0.29) is 11.2 Å². The number of nitrogens with zero attached hydrogens (tertiary/aromatic N) is 2. The summed E-state index contributed by atoms with van der Waals surface area (Å²) in [5, 5.41) is 3.74. The zero-order chi connectivity index (χ0) is 13.2. The minimum Gasteiger partial charge on any atom is -0.380 e. The van der Waals surface area contributed by atoms with E-state index in [0.29, 0.717) is 16.9 Å². The molecule has 0 aliphatic carbocycles. The Bertz CT molecular complexity index is 762. The molecule has 0 aliphatic rings. The van der Waals surface area contributed by atoms with Gasteiger partial charge in [-0.25, -0.2) is 0 Å². The third-order valence-corrected chi connectivity index (χ3v) is 2.76. The van der Waals surface area contributed by atoms with Crippen LogP contribution < -0.4 is 11.2 Å². The summed E-state index contributed by atoms with van der Waals surface area (Å²) in [5.41, 5.74) is 7.44. The van der Waals surface area contributed by atoms with Gasteiger partial charge in [-0.3, -0.25) is 9.78 Å². The van der Waals surface area contributed by atoms with Crippen molar-refractivity contribution >= 4 is 5.82 Å². The van der Waals surface area contributed by atoms with Crippen molar-refractivity contribution in [2.24, 2.45) is 0 Å². The molecule has 0 fully saturated rings. The zero-order valence-corrected chi connectivity index (χ0v) is 9.83. The van der Waals surface area contributed by atoms with Crippen molar-refractivity contribution < 1.29 is 4.52 Å². The van der Waals surface area contributed by atoms with Gasteiger partial charge < -0.3 is 15.2 Å². The zero-order valence-electron chi connectivity index (χ0n) is 9.83. The van der Waals surface area contributed by atoms with Crippen molar-refractivity contribution in [3.63, 3.8) is 0 Å². The molecule has 0 spiro atoms. The fraction of sp³-hybridized carbons (Fsp3) is 0. The number of nitrogens with two attached hydrogens (primary N) is 1. The number of aromatic amines is 1. The quantitative estimate of drug-likeness (QED) is 0.725. The van der Waals surface area contributed by atoms with Crippen LogP contribution in [0.2, 0.25) is 0 Å². The molecule has 0 radical (unpaired) electrons. The molecule has 0 aromatic carbocycles. The molecule has 0 bridgehead atoms. The van der Waals surface area contributed by atoms with Crippen LogP contribution in [-0.4, -0.2) is 15.1 Å². The predicted molar refractivity (Wildman–Crippen MR) is 70.2 cm³/mol. The highest BCUT2D eigenvalue weighted by Crippen LogP contribution is 2.34. The first kappa shape index (κ1) is 11.2. The van der Waals surface area contributed by atoms with Crippen LogP contribution in [0, 0.1) is 0 Å². The van der Waals surface area contributed by atoms with Gasteiger partial charge in [0.2, 0.25) is 0 Å². The van der Waals surface area contributed by atoms with Crippen molar-refractivity contribution in [3.8, 4) is 22.5 Å². The standard InChI is InChI=1S/C13H10N4O2/c14-13-11(8-1-4-15-5-2-8)12(19-17-13)9-7-16-6-3-10(9)18/h1-7H,(H2,14,17)(H,16,18). The van der Waals surface area contributed by atoms with E-state index < -0.39 is 0 Å². The number of H-pyrrole nitrogens is 1. The summed E-state index contributed by atoms with van der Waals surface area (Å²) in [6.45, 7) is 0. The van der Waals surface area contributed by atoms with E-state index in [2.05, 4.69) is 15.1 Å². The van der Waals surface area contributed by atoms with E-state index in [0.717, 1.165) is 5.56 Å². The van der Waals surface area contributed by atoms with Gasteiger partial charge in [-0.2, -0.15) is 0 Å². The normalized spacial score (nSPS) is 10.5. The van der Waals surface area contributed by atoms with Crippen molar-refractivity contribution in [3.05, 3.63) is 53.2 Å². The molecule has 3 N–H and O–H groups in total. The molecule has 0 atom stereocenters. The van der Waals surface area contributed by atoms with Gasteiger partial charge in [-0.15, -0.1) is 0 Å². The first-order chi connectivity index (χ1) is 9.27. The highest BCUT2D eigenvalue weighted by atomic mass is 16.5. The molecule has 0 saturated carbocycles. The lowest BCUT2D eigenvalue weighted by Crippen LogP contribution is -2.02. The van der Waals surface area contributed by atoms with Crippen molar-refractivity contribution in [2.75, 3.05) is 5.73 Å². The molecule has 3 heterocycles. The second-order valence-corrected chi connectivity index (χ2v) is 3.93. The molecule has 19 heavy (non-hydrogen) atoms. The Kier molecular flexibility index (Phi) is 2.60. The fourth-order valence-electron chi connectivity index (χ4n) is 1.88. The van der Waals surface area contributed by atoms with Crippen LogP contribution >= 0.6 is 0 Å². The van der Waals surface area contributed by atoms with E-state index in [1.807, 2.05) is 0 Å². The highest BCUT2D eigenvalue weighted by molar-refractivity contribution is 5.85. The SMILES string of the molecule is Nc1noc(-c2c[nH]ccc2=O)c1-c1ccncc1. The molecule has 6 nitrogen and oxygen atoms in total. The average Bonchev–Trinajstić information content (AvgIpc) is 2.82. The first-order valence-electron chi connectivity index (χ1n) is 5.60. The van der Waals surface area contributed by atoms with Gasteiger partial charge in [-0.1, -0.05) is 5.16 Å². The second-order valence-electron chi connectivity index (χ2n) is 3.93. The van der Waals surface area contributed by atoms with Crippen LogP contribution in [0.15, 0.2) is 52.3 Å². The lowest BCUT2D eigenvalue weighted by molar-refractivity contribution is 0.435. The molecular formula is C13H10N4O2. The third-order valence-electron chi connectivity index (χ3n) is 2.76. The second kappa shape index (κ2) is 4.41. The van der Waals surface area contributed by atoms with Gasteiger partial charge in [-0.05, 0) is 17.7 Å². The number of pyridine rings is 2. The number of nitrogens with one attached hydrogen (secondary N) is 1. The molecule has 0 amide bonds. The molecule has 3 rings (SSSR count). The minimum absolute atomic E-state index is 0.162. The summed E-state index contributed by atoms with van der Waals surface area (Å²) >= 11 is 0. The summed E-state index contributed by atoms with van der Waals surface area (Å²) < 4.78 is 5.20. The summed E-state index contributed by atoms with van der Waals surface area (Å²) in [6.07, 6.45) is 6.40. The predicted octanol–water partition coefficient (Wildman–Crippen LogP) is 1.67. The monoisotopic (exact) mass is 254 g/mol. The van der Waals surface area contributed by atoms with Crippen LogP contribution in [-0.2, 0) is 0 Å². The Hall–Kier alpha value is -2.89. The smallest absolute Gasteiger partial charge is 0.192 e. The van der Waals surface area contributed by atoms with Gasteiger partial charge in [0.25, 0.3) is 0 Å². The van der Waals surface area contributed by atoms with Crippen LogP contribution in [0.5, 0.6) is 0 Å². The van der Waals surface area contributed by atoms with Crippen LogP contribution in [0.25, 0.3) is 22.5 Å². The first-order valence-corrected chi connectivity index (χ1v) is 5.60. The molecule has 3 aromatic heterocycles. The highest BCUT2D eigenvalue weighted by Gasteiger charge is 2.19. The maximum absolute atomic E-state index is 11.9. The Morgan fingerprint density at radius 3 is 2.74 bits per heavy atom. The fourth-order valence-corrected chi connectivity index (χ4v) is 1.88. The topological polar surface area (TPSA) is 97.8 Å². The molecular weight excluding hydrogens is 244 g/mol. The molecule has 6 heteroatoms. The number of anilines is 1. The van der Waals surface area contributed by atoms with Gasteiger partial charge in [0.1, 0.15) is 0 Å². The largest absolute Gasteiger partial charge is 0.380 e. The number of nitrogen functional groups attached to an aromatic ring is 1. The van der Waals surface area contributed by atoms with Gasteiger partial charge in [0, 0.05) is 30.9 Å². The molecule has 3 aromatic rings. The minimum atomic E-state index is -0.162. The Morgan fingerprint density at radius 1 is 1.21 bits per heavy atom. The van der Waals surface area contributed by atoms with Crippen LogP contribution in [0.1, 0.15) is 0 Å². The van der Waals surface area contributed by atoms with Crippen molar-refractivity contribution in [1.29, 1.82) is 0 Å². The maximum atomic E-state index is 11.9. The van der Waals surface area contributed by atoms with Gasteiger partial charge in [0.15, 0.2) is 17.0 Å². The molecule has 0 unspecified atom stereocenters. The average molecular weight is 254 g/mol. The van der Waals surface area contributed by atoms with E-state index >= 15 is 0 Å². The third kappa shape index (κ3) is 1.89. The van der Waals surface area contributed by atoms with Gasteiger partial charge in [0.05, 0.1) is 11.1 Å². The number of rotatable bonds is 2. The number of hydrogen-bond acceptors (Lipinski definition) is 5. The molecule has 0 aliphatic heterocycles. The van der Waals surface area contributed by atoms with Crippen molar-refractivity contribution in [1.82, 2.24) is 15.1 Å².